The number of sulfonamides is 1. The molecule has 0 spiro atoms. The Balaban J connectivity index is 1.83. The summed E-state index contributed by atoms with van der Waals surface area (Å²) in [6.07, 6.45) is 0. The summed E-state index contributed by atoms with van der Waals surface area (Å²) in [6, 6.07) is 17.4. The number of aryl methyl sites for hydroxylation is 1. The van der Waals surface area contributed by atoms with Crippen LogP contribution in [0.1, 0.15) is 11.1 Å². The molecule has 3 aromatic carbocycles. The number of benzene rings is 3. The van der Waals surface area contributed by atoms with Crippen molar-refractivity contribution < 1.29 is 13.3 Å². The number of rotatable bonds is 5. The lowest BCUT2D eigenvalue weighted by atomic mass is 10.1. The Morgan fingerprint density at radius 3 is 2.44 bits per heavy atom. The fourth-order valence-electron chi connectivity index (χ4n) is 2.56. The lowest BCUT2D eigenvalue weighted by Gasteiger charge is -2.08. The van der Waals surface area contributed by atoms with Gasteiger partial charge < -0.3 is 0 Å². The fraction of sp³-hybridized carbons (Fsp3) is 0.111. The Morgan fingerprint density at radius 2 is 1.72 bits per heavy atom. The molecule has 25 heavy (non-hydrogen) atoms. The molecule has 0 heterocycles. The lowest BCUT2D eigenvalue weighted by Crippen LogP contribution is -2.23. The lowest BCUT2D eigenvalue weighted by molar-refractivity contribution is -0.385. The maximum Gasteiger partial charge on any atom is 0.273 e. The van der Waals surface area contributed by atoms with Gasteiger partial charge in [-0.3, -0.25) is 10.1 Å². The van der Waals surface area contributed by atoms with Gasteiger partial charge in [-0.05, 0) is 35.4 Å². The van der Waals surface area contributed by atoms with Gasteiger partial charge in [-0.25, -0.2) is 13.1 Å². The quantitative estimate of drug-likeness (QED) is 0.559. The van der Waals surface area contributed by atoms with E-state index in [1.807, 2.05) is 42.5 Å². The van der Waals surface area contributed by atoms with Gasteiger partial charge in [0.2, 0.25) is 10.0 Å². The van der Waals surface area contributed by atoms with Crippen molar-refractivity contribution in [1.82, 2.24) is 4.72 Å². The summed E-state index contributed by atoms with van der Waals surface area (Å²) >= 11 is 0. The third-order valence-corrected chi connectivity index (χ3v) is 5.37. The van der Waals surface area contributed by atoms with E-state index in [0.29, 0.717) is 5.56 Å². The van der Waals surface area contributed by atoms with Crippen LogP contribution in [0.25, 0.3) is 10.8 Å². The minimum atomic E-state index is -3.84. The number of fused-ring (bicyclic) bond motifs is 1. The zero-order valence-electron chi connectivity index (χ0n) is 13.5. The van der Waals surface area contributed by atoms with Crippen LogP contribution in [0.15, 0.2) is 65.6 Å². The van der Waals surface area contributed by atoms with E-state index in [1.165, 1.54) is 12.1 Å². The highest BCUT2D eigenvalue weighted by Crippen LogP contribution is 2.22. The molecule has 0 bridgehead atoms. The van der Waals surface area contributed by atoms with Gasteiger partial charge in [0.05, 0.1) is 9.82 Å². The molecule has 0 fully saturated rings. The molecule has 128 valence electrons. The SMILES string of the molecule is Cc1ccc(S(=O)(=O)NCc2ccc3ccccc3c2)cc1[N+](=O)[O-]. The van der Waals surface area contributed by atoms with Crippen LogP contribution in [0.2, 0.25) is 0 Å². The van der Waals surface area contributed by atoms with E-state index in [1.54, 1.807) is 6.92 Å². The largest absolute Gasteiger partial charge is 0.273 e. The van der Waals surface area contributed by atoms with Crippen LogP contribution in [0.5, 0.6) is 0 Å². The van der Waals surface area contributed by atoms with E-state index in [2.05, 4.69) is 4.72 Å². The summed E-state index contributed by atoms with van der Waals surface area (Å²) in [7, 11) is -3.84. The zero-order chi connectivity index (χ0) is 18.0. The molecule has 3 rings (SSSR count). The maximum atomic E-state index is 12.4. The van der Waals surface area contributed by atoms with Gasteiger partial charge >= 0.3 is 0 Å². The second-order valence-corrected chi connectivity index (χ2v) is 7.48. The van der Waals surface area contributed by atoms with Crippen LogP contribution in [0.3, 0.4) is 0 Å². The van der Waals surface area contributed by atoms with E-state index in [0.717, 1.165) is 22.4 Å². The molecular weight excluding hydrogens is 340 g/mol. The summed E-state index contributed by atoms with van der Waals surface area (Å²) in [6.45, 7) is 1.67. The first-order valence-corrected chi connectivity index (χ1v) is 9.07. The summed E-state index contributed by atoms with van der Waals surface area (Å²) in [4.78, 5) is 10.3. The molecule has 0 aliphatic heterocycles. The Labute approximate surface area is 145 Å². The molecule has 1 N–H and O–H groups in total. The molecular formula is C18H16N2O4S. The monoisotopic (exact) mass is 356 g/mol. The van der Waals surface area contributed by atoms with Crippen molar-refractivity contribution in [3.8, 4) is 0 Å². The molecule has 0 radical (unpaired) electrons. The van der Waals surface area contributed by atoms with Crippen LogP contribution in [0, 0.1) is 17.0 Å². The van der Waals surface area contributed by atoms with Crippen molar-refractivity contribution in [1.29, 1.82) is 0 Å². The molecule has 0 atom stereocenters. The smallest absolute Gasteiger partial charge is 0.258 e. The average Bonchev–Trinajstić information content (AvgIpc) is 2.60. The topological polar surface area (TPSA) is 89.3 Å². The molecule has 0 aliphatic rings. The highest BCUT2D eigenvalue weighted by molar-refractivity contribution is 7.89. The van der Waals surface area contributed by atoms with Crippen LogP contribution >= 0.6 is 0 Å². The van der Waals surface area contributed by atoms with E-state index < -0.39 is 14.9 Å². The highest BCUT2D eigenvalue weighted by atomic mass is 32.2. The minimum Gasteiger partial charge on any atom is -0.258 e. The van der Waals surface area contributed by atoms with Gasteiger partial charge in [0, 0.05) is 18.2 Å². The average molecular weight is 356 g/mol. The molecule has 0 aliphatic carbocycles. The highest BCUT2D eigenvalue weighted by Gasteiger charge is 2.19. The van der Waals surface area contributed by atoms with Gasteiger partial charge in [-0.15, -0.1) is 0 Å². The van der Waals surface area contributed by atoms with E-state index in [4.69, 9.17) is 0 Å². The third-order valence-electron chi connectivity index (χ3n) is 3.97. The normalized spacial score (nSPS) is 11.6. The first kappa shape index (κ1) is 17.1. The maximum absolute atomic E-state index is 12.4. The van der Waals surface area contributed by atoms with Crippen molar-refractivity contribution in [2.24, 2.45) is 0 Å². The molecule has 0 amide bonds. The van der Waals surface area contributed by atoms with Crippen LogP contribution in [0.4, 0.5) is 5.69 Å². The number of hydrogen-bond donors (Lipinski definition) is 1. The Morgan fingerprint density at radius 1 is 1.00 bits per heavy atom. The van der Waals surface area contributed by atoms with Gasteiger partial charge in [0.1, 0.15) is 0 Å². The summed E-state index contributed by atoms with van der Waals surface area (Å²) in [5.74, 6) is 0. The van der Waals surface area contributed by atoms with Crippen molar-refractivity contribution in [3.05, 3.63) is 81.9 Å². The molecule has 0 saturated carbocycles. The summed E-state index contributed by atoms with van der Waals surface area (Å²) in [5.41, 5.74) is 1.01. The Bertz CT molecular complexity index is 1060. The molecule has 3 aromatic rings. The van der Waals surface area contributed by atoms with Gasteiger partial charge in [-0.1, -0.05) is 42.5 Å². The van der Waals surface area contributed by atoms with Gasteiger partial charge in [-0.2, -0.15) is 0 Å². The first-order valence-electron chi connectivity index (χ1n) is 7.59. The van der Waals surface area contributed by atoms with Gasteiger partial charge in [0.15, 0.2) is 0 Å². The van der Waals surface area contributed by atoms with Crippen LogP contribution < -0.4 is 4.72 Å². The zero-order valence-corrected chi connectivity index (χ0v) is 14.3. The van der Waals surface area contributed by atoms with E-state index in [9.17, 15) is 18.5 Å². The van der Waals surface area contributed by atoms with Gasteiger partial charge in [0.25, 0.3) is 5.69 Å². The predicted molar refractivity (Wildman–Crippen MR) is 95.8 cm³/mol. The molecule has 7 heteroatoms. The standard InChI is InChI=1S/C18H16N2O4S/c1-13-6-9-17(11-18(13)20(21)22)25(23,24)19-12-14-7-8-15-4-2-3-5-16(15)10-14/h2-11,19H,12H2,1H3. The van der Waals surface area contributed by atoms with Crippen LogP contribution in [-0.2, 0) is 16.6 Å². The van der Waals surface area contributed by atoms with Crippen molar-refractivity contribution in [2.75, 3.05) is 0 Å². The molecule has 0 aromatic heterocycles. The van der Waals surface area contributed by atoms with Crippen molar-refractivity contribution in [2.45, 2.75) is 18.4 Å². The Hall–Kier alpha value is -2.77. The molecule has 0 saturated heterocycles. The number of nitro groups is 1. The number of hydrogen-bond acceptors (Lipinski definition) is 4. The Kier molecular flexibility index (Phi) is 4.52. The predicted octanol–water partition coefficient (Wildman–Crippen LogP) is 3.53. The second-order valence-electron chi connectivity index (χ2n) is 5.71. The summed E-state index contributed by atoms with van der Waals surface area (Å²) < 4.78 is 27.3. The number of nitrogens with one attached hydrogen (secondary N) is 1. The van der Waals surface area contributed by atoms with E-state index >= 15 is 0 Å². The number of nitro benzene ring substituents is 1. The minimum absolute atomic E-state index is 0.106. The second kappa shape index (κ2) is 6.62. The first-order chi connectivity index (χ1) is 11.9. The third kappa shape index (κ3) is 3.67. The summed E-state index contributed by atoms with van der Waals surface area (Å²) in [5, 5.41) is 13.1. The van der Waals surface area contributed by atoms with E-state index in [-0.39, 0.29) is 17.1 Å². The van der Waals surface area contributed by atoms with Crippen molar-refractivity contribution in [3.63, 3.8) is 0 Å². The van der Waals surface area contributed by atoms with Crippen molar-refractivity contribution >= 4 is 26.5 Å². The van der Waals surface area contributed by atoms with Crippen LogP contribution in [-0.4, -0.2) is 13.3 Å². The molecule has 6 nitrogen and oxygen atoms in total. The fourth-order valence-corrected chi connectivity index (χ4v) is 3.60. The number of nitrogens with zero attached hydrogens (tertiary/aromatic N) is 1. The molecule has 0 unspecified atom stereocenters.